The fraction of sp³-hybridized carbons (Fsp3) is 0.350. The number of carbonyl (C=O) groups excluding carboxylic acids is 1. The number of aromatic amines is 1. The maximum atomic E-state index is 12.6. The van der Waals surface area contributed by atoms with E-state index < -0.39 is 6.10 Å². The molecule has 1 aromatic carbocycles. The molecule has 1 aliphatic rings. The van der Waals surface area contributed by atoms with Crippen LogP contribution in [-0.4, -0.2) is 38.6 Å². The average Bonchev–Trinajstić information content (AvgIpc) is 3.36. The normalized spacial score (nSPS) is 15.1. The molecule has 6 nitrogen and oxygen atoms in total. The van der Waals surface area contributed by atoms with Gasteiger partial charge < -0.3 is 15.4 Å². The molecule has 0 radical (unpaired) electrons. The highest BCUT2D eigenvalue weighted by atomic mass is 16.3. The fourth-order valence-electron chi connectivity index (χ4n) is 3.10. The minimum Gasteiger partial charge on any atom is -0.391 e. The Kier molecular flexibility index (Phi) is 4.67. The van der Waals surface area contributed by atoms with Crippen LogP contribution in [0.4, 0.5) is 0 Å². The number of rotatable bonds is 7. The zero-order valence-electron chi connectivity index (χ0n) is 14.5. The van der Waals surface area contributed by atoms with Crippen LogP contribution in [0.1, 0.15) is 34.6 Å². The molecule has 134 valence electrons. The van der Waals surface area contributed by atoms with Gasteiger partial charge in [0.1, 0.15) is 5.82 Å². The third-order valence-corrected chi connectivity index (χ3v) is 4.68. The van der Waals surface area contributed by atoms with Crippen LogP contribution >= 0.6 is 0 Å². The van der Waals surface area contributed by atoms with Gasteiger partial charge in [0.05, 0.1) is 17.2 Å². The quantitative estimate of drug-likeness (QED) is 0.609. The predicted octanol–water partition coefficient (Wildman–Crippen LogP) is 2.24. The van der Waals surface area contributed by atoms with Crippen LogP contribution in [-0.2, 0) is 12.8 Å². The van der Waals surface area contributed by atoms with Crippen LogP contribution < -0.4 is 5.32 Å². The van der Waals surface area contributed by atoms with Crippen molar-refractivity contribution < 1.29 is 9.90 Å². The van der Waals surface area contributed by atoms with Gasteiger partial charge in [-0.25, -0.2) is 9.97 Å². The Balaban J connectivity index is 1.41. The van der Waals surface area contributed by atoms with E-state index in [1.807, 2.05) is 30.3 Å². The molecule has 0 saturated heterocycles. The Morgan fingerprint density at radius 1 is 1.27 bits per heavy atom. The summed E-state index contributed by atoms with van der Waals surface area (Å²) in [5.41, 5.74) is 2.78. The number of aromatic nitrogens is 3. The number of H-pyrrole nitrogens is 1. The summed E-state index contributed by atoms with van der Waals surface area (Å²) < 4.78 is 0. The molecule has 0 bridgehead atoms. The number of carbonyl (C=O) groups is 1. The lowest BCUT2D eigenvalue weighted by atomic mass is 10.1. The lowest BCUT2D eigenvalue weighted by Gasteiger charge is -2.12. The van der Waals surface area contributed by atoms with E-state index in [9.17, 15) is 9.90 Å². The molecule has 0 aliphatic heterocycles. The Morgan fingerprint density at radius 3 is 2.85 bits per heavy atom. The van der Waals surface area contributed by atoms with Crippen LogP contribution in [0, 0.1) is 5.92 Å². The fourth-order valence-corrected chi connectivity index (χ4v) is 3.10. The third kappa shape index (κ3) is 3.91. The topological polar surface area (TPSA) is 90.9 Å². The van der Waals surface area contributed by atoms with E-state index in [1.54, 1.807) is 12.3 Å². The molecule has 1 unspecified atom stereocenters. The molecular weight excluding hydrogens is 328 g/mol. The SMILES string of the molecule is O=C(NCC(O)Cc1ccccc1)c1ccnc2nc(CC3CC3)[nH]c12. The summed E-state index contributed by atoms with van der Waals surface area (Å²) in [4.78, 5) is 24.6. The number of nitrogens with zero attached hydrogens (tertiary/aromatic N) is 2. The summed E-state index contributed by atoms with van der Waals surface area (Å²) in [6.07, 6.45) is 4.87. The number of nitrogens with one attached hydrogen (secondary N) is 2. The van der Waals surface area contributed by atoms with E-state index in [-0.39, 0.29) is 12.5 Å². The second kappa shape index (κ2) is 7.25. The largest absolute Gasteiger partial charge is 0.391 e. The van der Waals surface area contributed by atoms with Crippen molar-refractivity contribution in [3.8, 4) is 0 Å². The van der Waals surface area contributed by atoms with Gasteiger partial charge in [-0.3, -0.25) is 4.79 Å². The van der Waals surface area contributed by atoms with Crippen molar-refractivity contribution in [2.24, 2.45) is 5.92 Å². The van der Waals surface area contributed by atoms with Crippen LogP contribution in [0.15, 0.2) is 42.6 Å². The van der Waals surface area contributed by atoms with Gasteiger partial charge in [-0.15, -0.1) is 0 Å². The Morgan fingerprint density at radius 2 is 2.08 bits per heavy atom. The maximum Gasteiger partial charge on any atom is 0.253 e. The van der Waals surface area contributed by atoms with Gasteiger partial charge >= 0.3 is 0 Å². The molecule has 3 aromatic rings. The highest BCUT2D eigenvalue weighted by Gasteiger charge is 2.24. The molecule has 2 aromatic heterocycles. The minimum absolute atomic E-state index is 0.195. The summed E-state index contributed by atoms with van der Waals surface area (Å²) in [5.74, 6) is 1.37. The highest BCUT2D eigenvalue weighted by Crippen LogP contribution is 2.32. The van der Waals surface area contributed by atoms with Crippen LogP contribution in [0.2, 0.25) is 0 Å². The monoisotopic (exact) mass is 350 g/mol. The van der Waals surface area contributed by atoms with Gasteiger partial charge in [-0.2, -0.15) is 0 Å². The zero-order valence-corrected chi connectivity index (χ0v) is 14.5. The first-order valence-corrected chi connectivity index (χ1v) is 9.03. The van der Waals surface area contributed by atoms with Crippen molar-refractivity contribution >= 4 is 17.1 Å². The first-order valence-electron chi connectivity index (χ1n) is 9.03. The number of hydrogen-bond acceptors (Lipinski definition) is 4. The summed E-state index contributed by atoms with van der Waals surface area (Å²) in [5, 5.41) is 13.0. The van der Waals surface area contributed by atoms with E-state index in [2.05, 4.69) is 20.3 Å². The van der Waals surface area contributed by atoms with Crippen molar-refractivity contribution in [3.05, 3.63) is 59.5 Å². The first-order chi connectivity index (χ1) is 12.7. The van der Waals surface area contributed by atoms with E-state index in [1.165, 1.54) is 12.8 Å². The smallest absolute Gasteiger partial charge is 0.253 e. The van der Waals surface area contributed by atoms with E-state index in [0.29, 0.717) is 29.1 Å². The third-order valence-electron chi connectivity index (χ3n) is 4.68. The molecule has 1 atom stereocenters. The van der Waals surface area contributed by atoms with Crippen molar-refractivity contribution in [2.75, 3.05) is 6.54 Å². The zero-order chi connectivity index (χ0) is 17.9. The van der Waals surface area contributed by atoms with Crippen molar-refractivity contribution in [2.45, 2.75) is 31.8 Å². The standard InChI is InChI=1S/C20H22N4O2/c25-15(10-13-4-2-1-3-5-13)12-22-20(26)16-8-9-21-19-18(16)23-17(24-19)11-14-6-7-14/h1-5,8-9,14-15,25H,6-7,10-12H2,(H,22,26)(H,21,23,24). The summed E-state index contributed by atoms with van der Waals surface area (Å²) in [6, 6.07) is 11.4. The Bertz CT molecular complexity index is 903. The predicted molar refractivity (Wildman–Crippen MR) is 98.8 cm³/mol. The number of aliphatic hydroxyl groups excluding tert-OH is 1. The van der Waals surface area contributed by atoms with E-state index in [4.69, 9.17) is 0 Å². The van der Waals surface area contributed by atoms with Gasteiger partial charge in [0.15, 0.2) is 5.65 Å². The van der Waals surface area contributed by atoms with Gasteiger partial charge in [0.25, 0.3) is 5.91 Å². The molecule has 3 N–H and O–H groups in total. The van der Waals surface area contributed by atoms with Gasteiger partial charge in [-0.1, -0.05) is 30.3 Å². The van der Waals surface area contributed by atoms with Gasteiger partial charge in [0, 0.05) is 25.6 Å². The number of benzene rings is 1. The number of hydrogen-bond donors (Lipinski definition) is 3. The van der Waals surface area contributed by atoms with Gasteiger partial charge in [-0.05, 0) is 30.4 Å². The number of imidazole rings is 1. The molecule has 4 rings (SSSR count). The average molecular weight is 350 g/mol. The lowest BCUT2D eigenvalue weighted by molar-refractivity contribution is 0.0917. The Labute approximate surface area is 151 Å². The lowest BCUT2D eigenvalue weighted by Crippen LogP contribution is -2.33. The van der Waals surface area contributed by atoms with E-state index in [0.717, 1.165) is 17.8 Å². The summed E-state index contributed by atoms with van der Waals surface area (Å²) >= 11 is 0. The number of fused-ring (bicyclic) bond motifs is 1. The molecule has 2 heterocycles. The molecular formula is C20H22N4O2. The number of amides is 1. The summed E-state index contributed by atoms with van der Waals surface area (Å²) in [6.45, 7) is 0.195. The van der Waals surface area contributed by atoms with Crippen molar-refractivity contribution in [1.82, 2.24) is 20.3 Å². The van der Waals surface area contributed by atoms with Gasteiger partial charge in [0.2, 0.25) is 0 Å². The highest BCUT2D eigenvalue weighted by molar-refractivity contribution is 6.04. The molecule has 0 spiro atoms. The second-order valence-electron chi connectivity index (χ2n) is 6.94. The second-order valence-corrected chi connectivity index (χ2v) is 6.94. The van der Waals surface area contributed by atoms with Crippen LogP contribution in [0.25, 0.3) is 11.2 Å². The van der Waals surface area contributed by atoms with Crippen molar-refractivity contribution in [1.29, 1.82) is 0 Å². The Hall–Kier alpha value is -2.73. The molecule has 1 saturated carbocycles. The number of aliphatic hydroxyl groups is 1. The number of pyridine rings is 1. The summed E-state index contributed by atoms with van der Waals surface area (Å²) in [7, 11) is 0. The minimum atomic E-state index is -0.633. The molecule has 1 fully saturated rings. The van der Waals surface area contributed by atoms with E-state index >= 15 is 0 Å². The maximum absolute atomic E-state index is 12.6. The van der Waals surface area contributed by atoms with Crippen LogP contribution in [0.3, 0.4) is 0 Å². The molecule has 26 heavy (non-hydrogen) atoms. The first kappa shape index (κ1) is 16.7. The molecule has 1 aliphatic carbocycles. The van der Waals surface area contributed by atoms with Crippen LogP contribution in [0.5, 0.6) is 0 Å². The van der Waals surface area contributed by atoms with Crippen molar-refractivity contribution in [3.63, 3.8) is 0 Å². The molecule has 6 heteroatoms. The molecule has 1 amide bonds.